The largest absolute Gasteiger partial charge is 0.350 e. The van der Waals surface area contributed by atoms with Crippen LogP contribution in [0, 0.1) is 13.8 Å². The summed E-state index contributed by atoms with van der Waals surface area (Å²) in [6.07, 6.45) is 0.355. The van der Waals surface area contributed by atoms with Gasteiger partial charge in [-0.25, -0.2) is 8.42 Å². The molecule has 0 saturated heterocycles. The summed E-state index contributed by atoms with van der Waals surface area (Å²) in [5.74, 6) is -0.783. The second-order valence-corrected chi connectivity index (χ2v) is 13.3. The highest BCUT2D eigenvalue weighted by Crippen LogP contribution is 2.26. The van der Waals surface area contributed by atoms with Crippen molar-refractivity contribution < 1.29 is 18.0 Å². The summed E-state index contributed by atoms with van der Waals surface area (Å²) in [4.78, 5) is 29.0. The minimum absolute atomic E-state index is 0.00743. The van der Waals surface area contributed by atoms with E-state index in [1.807, 2.05) is 65.8 Å². The first-order valence-corrected chi connectivity index (χ1v) is 15.0. The Morgan fingerprint density at radius 2 is 1.55 bits per heavy atom. The van der Waals surface area contributed by atoms with Gasteiger partial charge >= 0.3 is 0 Å². The Balaban J connectivity index is 2.07. The van der Waals surface area contributed by atoms with Gasteiger partial charge < -0.3 is 10.2 Å². The number of anilines is 1. The Hall–Kier alpha value is -3.36. The van der Waals surface area contributed by atoms with Gasteiger partial charge in [0.15, 0.2) is 0 Å². The van der Waals surface area contributed by atoms with Crippen LogP contribution < -0.4 is 9.62 Å². The highest BCUT2D eigenvalue weighted by Gasteiger charge is 2.34. The molecule has 0 spiro atoms. The summed E-state index contributed by atoms with van der Waals surface area (Å²) < 4.78 is 28.9. The van der Waals surface area contributed by atoms with E-state index in [-0.39, 0.29) is 17.3 Å². The molecule has 0 unspecified atom stereocenters. The lowest BCUT2D eigenvalue weighted by atomic mass is 10.0. The Kier molecular flexibility index (Phi) is 10.0. The Bertz CT molecular complexity index is 1430. The molecular formula is C31H38ClN3O4S. The molecule has 0 radical (unpaired) electrons. The summed E-state index contributed by atoms with van der Waals surface area (Å²) in [5, 5.41) is 3.38. The van der Waals surface area contributed by atoms with E-state index >= 15 is 0 Å². The highest BCUT2D eigenvalue weighted by molar-refractivity contribution is 7.92. The lowest BCUT2D eigenvalue weighted by molar-refractivity contribution is -0.141. The van der Waals surface area contributed by atoms with E-state index in [4.69, 9.17) is 11.6 Å². The van der Waals surface area contributed by atoms with Gasteiger partial charge in [0.05, 0.1) is 10.6 Å². The SMILES string of the molecule is CC[C@@H](C(=O)NC(C)(C)C)N(Cc1cccc(C)c1)C(=O)CN(c1ccc(C)cc1)S(=O)(=O)c1ccc(Cl)cc1. The number of carbonyl (C=O) groups excluding carboxylic acids is 2. The fourth-order valence-electron chi connectivity index (χ4n) is 4.35. The van der Waals surface area contributed by atoms with E-state index in [9.17, 15) is 18.0 Å². The summed E-state index contributed by atoms with van der Waals surface area (Å²) in [6.45, 7) is 11.0. The molecule has 7 nitrogen and oxygen atoms in total. The van der Waals surface area contributed by atoms with Gasteiger partial charge in [0.25, 0.3) is 10.0 Å². The molecule has 3 aromatic rings. The number of aryl methyl sites for hydroxylation is 2. The number of halogens is 1. The number of carbonyl (C=O) groups is 2. The summed E-state index contributed by atoms with van der Waals surface area (Å²) in [7, 11) is -4.15. The third-order valence-corrected chi connectivity index (χ3v) is 8.36. The normalized spacial score (nSPS) is 12.5. The first kappa shape index (κ1) is 31.2. The van der Waals surface area contributed by atoms with Crippen molar-refractivity contribution in [1.29, 1.82) is 0 Å². The predicted molar refractivity (Wildman–Crippen MR) is 161 cm³/mol. The summed E-state index contributed by atoms with van der Waals surface area (Å²) in [5.41, 5.74) is 2.65. The Morgan fingerprint density at radius 3 is 2.10 bits per heavy atom. The molecule has 3 rings (SSSR count). The van der Waals surface area contributed by atoms with Crippen molar-refractivity contribution in [2.75, 3.05) is 10.8 Å². The van der Waals surface area contributed by atoms with Gasteiger partial charge in [0.1, 0.15) is 12.6 Å². The number of hydrogen-bond acceptors (Lipinski definition) is 4. The van der Waals surface area contributed by atoms with Gasteiger partial charge in [-0.1, -0.05) is 66.0 Å². The molecule has 0 aliphatic carbocycles. The van der Waals surface area contributed by atoms with Crippen molar-refractivity contribution in [2.45, 2.75) is 71.0 Å². The number of nitrogens with one attached hydrogen (secondary N) is 1. The zero-order chi connectivity index (χ0) is 29.7. The van der Waals surface area contributed by atoms with Crippen LogP contribution in [0.3, 0.4) is 0 Å². The van der Waals surface area contributed by atoms with Gasteiger partial charge in [0.2, 0.25) is 11.8 Å². The molecule has 3 aromatic carbocycles. The molecule has 214 valence electrons. The minimum atomic E-state index is -4.15. The monoisotopic (exact) mass is 583 g/mol. The van der Waals surface area contributed by atoms with Crippen LogP contribution >= 0.6 is 11.6 Å². The maximum absolute atomic E-state index is 14.1. The lowest BCUT2D eigenvalue weighted by Gasteiger charge is -2.35. The zero-order valence-electron chi connectivity index (χ0n) is 23.9. The Morgan fingerprint density at radius 1 is 0.925 bits per heavy atom. The molecular weight excluding hydrogens is 546 g/mol. The fourth-order valence-corrected chi connectivity index (χ4v) is 5.89. The standard InChI is InChI=1S/C31H38ClN3O4S/c1-7-28(30(37)33-31(4,5)6)34(20-24-10-8-9-23(3)19-24)29(36)21-35(26-15-11-22(2)12-16-26)40(38,39)27-17-13-25(32)14-18-27/h8-19,28H,7,20-21H2,1-6H3,(H,33,37)/t28-/m0/s1. The fraction of sp³-hybridized carbons (Fsp3) is 0.355. The molecule has 0 saturated carbocycles. The van der Waals surface area contributed by atoms with E-state index in [1.54, 1.807) is 24.3 Å². The average Bonchev–Trinajstić information content (AvgIpc) is 2.87. The first-order valence-electron chi connectivity index (χ1n) is 13.2. The van der Waals surface area contributed by atoms with Gasteiger partial charge in [-0.15, -0.1) is 0 Å². The number of hydrogen-bond donors (Lipinski definition) is 1. The van der Waals surface area contributed by atoms with Crippen molar-refractivity contribution in [1.82, 2.24) is 10.2 Å². The van der Waals surface area contributed by atoms with Crippen LogP contribution in [0.15, 0.2) is 77.7 Å². The molecule has 40 heavy (non-hydrogen) atoms. The van der Waals surface area contributed by atoms with E-state index in [0.717, 1.165) is 21.0 Å². The van der Waals surface area contributed by atoms with Crippen molar-refractivity contribution in [3.8, 4) is 0 Å². The summed E-state index contributed by atoms with van der Waals surface area (Å²) >= 11 is 6.01. The predicted octanol–water partition coefficient (Wildman–Crippen LogP) is 5.87. The van der Waals surface area contributed by atoms with Crippen LogP contribution in [0.2, 0.25) is 5.02 Å². The first-order chi connectivity index (χ1) is 18.7. The third kappa shape index (κ3) is 8.08. The van der Waals surface area contributed by atoms with Crippen molar-refractivity contribution >= 4 is 39.1 Å². The molecule has 9 heteroatoms. The van der Waals surface area contributed by atoms with Gasteiger partial charge in [-0.3, -0.25) is 13.9 Å². The van der Waals surface area contributed by atoms with Crippen LogP contribution in [0.5, 0.6) is 0 Å². The van der Waals surface area contributed by atoms with E-state index in [1.165, 1.54) is 29.2 Å². The number of nitrogens with zero attached hydrogens (tertiary/aromatic N) is 2. The highest BCUT2D eigenvalue weighted by atomic mass is 35.5. The molecule has 2 amide bonds. The van der Waals surface area contributed by atoms with Crippen LogP contribution in [-0.4, -0.2) is 43.3 Å². The maximum atomic E-state index is 14.1. The molecule has 0 bridgehead atoms. The van der Waals surface area contributed by atoms with Crippen molar-refractivity contribution in [3.63, 3.8) is 0 Å². The number of benzene rings is 3. The number of amides is 2. The second kappa shape index (κ2) is 12.9. The minimum Gasteiger partial charge on any atom is -0.350 e. The van der Waals surface area contributed by atoms with Gasteiger partial charge in [-0.2, -0.15) is 0 Å². The van der Waals surface area contributed by atoms with Crippen LogP contribution in [0.4, 0.5) is 5.69 Å². The number of sulfonamides is 1. The molecule has 0 aromatic heterocycles. The lowest BCUT2D eigenvalue weighted by Crippen LogP contribution is -2.55. The number of rotatable bonds is 10. The molecule has 1 atom stereocenters. The average molecular weight is 584 g/mol. The molecule has 0 aliphatic heterocycles. The van der Waals surface area contributed by atoms with Crippen LogP contribution in [0.1, 0.15) is 50.8 Å². The molecule has 0 aliphatic rings. The maximum Gasteiger partial charge on any atom is 0.264 e. The Labute approximate surface area is 243 Å². The topological polar surface area (TPSA) is 86.8 Å². The second-order valence-electron chi connectivity index (χ2n) is 11.0. The van der Waals surface area contributed by atoms with Gasteiger partial charge in [-0.05, 0) is 83.0 Å². The van der Waals surface area contributed by atoms with Gasteiger partial charge in [0, 0.05) is 17.1 Å². The zero-order valence-corrected chi connectivity index (χ0v) is 25.5. The summed E-state index contributed by atoms with van der Waals surface area (Å²) in [6, 6.07) is 19.7. The van der Waals surface area contributed by atoms with Crippen molar-refractivity contribution in [2.24, 2.45) is 0 Å². The van der Waals surface area contributed by atoms with Crippen molar-refractivity contribution in [3.05, 3.63) is 94.5 Å². The van der Waals surface area contributed by atoms with E-state index in [0.29, 0.717) is 17.1 Å². The molecule has 0 heterocycles. The molecule has 0 fully saturated rings. The van der Waals surface area contributed by atoms with E-state index in [2.05, 4.69) is 5.32 Å². The third-order valence-electron chi connectivity index (χ3n) is 6.32. The van der Waals surface area contributed by atoms with E-state index < -0.39 is 34.1 Å². The quantitative estimate of drug-likeness (QED) is 0.323. The smallest absolute Gasteiger partial charge is 0.264 e. The molecule has 1 N–H and O–H groups in total. The van der Waals surface area contributed by atoms with Crippen LogP contribution in [0.25, 0.3) is 0 Å². The van der Waals surface area contributed by atoms with Crippen LogP contribution in [-0.2, 0) is 26.2 Å².